The molecular weight excluding hydrogens is 274 g/mol. The fraction of sp³-hybridized carbons (Fsp3) is 0.286. The number of hydrogen-bond donors (Lipinski definition) is 2. The van der Waals surface area contributed by atoms with E-state index >= 15 is 0 Å². The van der Waals surface area contributed by atoms with Gasteiger partial charge in [0, 0.05) is 12.2 Å². The molecule has 0 radical (unpaired) electrons. The fourth-order valence-corrected chi connectivity index (χ4v) is 2.34. The lowest BCUT2D eigenvalue weighted by molar-refractivity contribution is 0.0916. The molecule has 2 rings (SSSR count). The number of nitrogens with one attached hydrogen (secondary N) is 1. The van der Waals surface area contributed by atoms with Crippen molar-refractivity contribution in [2.75, 3.05) is 12.8 Å². The Morgan fingerprint density at radius 2 is 2.15 bits per heavy atom. The lowest BCUT2D eigenvalue weighted by Gasteiger charge is -2.11. The van der Waals surface area contributed by atoms with Crippen molar-refractivity contribution < 1.29 is 9.90 Å². The lowest BCUT2D eigenvalue weighted by atomic mass is 10.3. The van der Waals surface area contributed by atoms with Crippen molar-refractivity contribution in [3.63, 3.8) is 0 Å². The molecule has 0 fully saturated rings. The summed E-state index contributed by atoms with van der Waals surface area (Å²) >= 11 is 1.48. The van der Waals surface area contributed by atoms with Crippen LogP contribution in [0.5, 0.6) is 0 Å². The Kier molecular flexibility index (Phi) is 4.81. The van der Waals surface area contributed by atoms with Gasteiger partial charge in [0.25, 0.3) is 5.91 Å². The summed E-state index contributed by atoms with van der Waals surface area (Å²) in [5.41, 5.74) is 1.35. The number of thioether (sulfide) groups is 1. The minimum Gasteiger partial charge on any atom is -0.392 e. The van der Waals surface area contributed by atoms with E-state index in [0.717, 1.165) is 10.8 Å². The van der Waals surface area contributed by atoms with Crippen LogP contribution in [0.3, 0.4) is 0 Å². The van der Waals surface area contributed by atoms with Gasteiger partial charge in [0.1, 0.15) is 5.69 Å². The summed E-state index contributed by atoms with van der Waals surface area (Å²) in [6.07, 6.45) is 2.89. The molecule has 5 nitrogen and oxygen atoms in total. The smallest absolute Gasteiger partial charge is 0.270 e. The maximum Gasteiger partial charge on any atom is 0.270 e. The summed E-state index contributed by atoms with van der Waals surface area (Å²) in [6.45, 7) is 1.84. The molecule has 0 saturated carbocycles. The first-order chi connectivity index (χ1) is 9.63. The molecule has 1 amide bonds. The molecule has 0 saturated heterocycles. The van der Waals surface area contributed by atoms with Crippen LogP contribution >= 0.6 is 11.8 Å². The number of carbonyl (C=O) groups is 1. The average Bonchev–Trinajstić information content (AvgIpc) is 2.89. The first-order valence-corrected chi connectivity index (χ1v) is 7.49. The van der Waals surface area contributed by atoms with Crippen LogP contribution in [-0.2, 0) is 0 Å². The van der Waals surface area contributed by atoms with E-state index in [4.69, 9.17) is 0 Å². The molecule has 0 bridgehead atoms. The highest BCUT2D eigenvalue weighted by Crippen LogP contribution is 2.21. The topological polar surface area (TPSA) is 67.2 Å². The normalized spacial score (nSPS) is 12.2. The Morgan fingerprint density at radius 3 is 2.75 bits per heavy atom. The zero-order valence-corrected chi connectivity index (χ0v) is 12.2. The number of aliphatic hydroxyl groups excluding tert-OH is 1. The van der Waals surface area contributed by atoms with Gasteiger partial charge in [0.2, 0.25) is 0 Å². The highest BCUT2D eigenvalue weighted by molar-refractivity contribution is 7.98. The quantitative estimate of drug-likeness (QED) is 0.823. The molecule has 0 aliphatic heterocycles. The number of carbonyl (C=O) groups excluding carboxylic acids is 1. The Balaban J connectivity index is 2.35. The van der Waals surface area contributed by atoms with Crippen molar-refractivity contribution in [1.29, 1.82) is 0 Å². The third-order valence-corrected chi connectivity index (χ3v) is 3.37. The summed E-state index contributed by atoms with van der Waals surface area (Å²) in [7, 11) is 0. The summed E-state index contributed by atoms with van der Waals surface area (Å²) in [6, 6.07) is 9.60. The molecule has 1 aromatic carbocycles. The van der Waals surface area contributed by atoms with Gasteiger partial charge in [-0.15, -0.1) is 0 Å². The fourth-order valence-electron chi connectivity index (χ4n) is 1.80. The first-order valence-electron chi connectivity index (χ1n) is 6.27. The van der Waals surface area contributed by atoms with Crippen LogP contribution < -0.4 is 5.32 Å². The van der Waals surface area contributed by atoms with Gasteiger partial charge < -0.3 is 10.4 Å². The predicted octanol–water partition coefficient (Wildman–Crippen LogP) is 1.70. The standard InChI is InChI=1S/C14H17N3O2S/c1-10(18)8-15-13(19)12-9-16-14(20-2)17(12)11-6-4-3-5-7-11/h3-7,9-10,18H,8H2,1-2H3,(H,15,19). The molecule has 1 aromatic heterocycles. The number of imidazole rings is 1. The van der Waals surface area contributed by atoms with E-state index < -0.39 is 6.10 Å². The predicted molar refractivity (Wildman–Crippen MR) is 79.4 cm³/mol. The van der Waals surface area contributed by atoms with Crippen LogP contribution in [-0.4, -0.2) is 39.5 Å². The number of rotatable bonds is 5. The molecule has 1 heterocycles. The molecule has 2 aromatic rings. The third-order valence-electron chi connectivity index (χ3n) is 2.72. The number of nitrogens with zero attached hydrogens (tertiary/aromatic N) is 2. The molecule has 0 aliphatic rings. The number of hydrogen-bond acceptors (Lipinski definition) is 4. The van der Waals surface area contributed by atoms with E-state index in [-0.39, 0.29) is 12.5 Å². The Hall–Kier alpha value is -1.79. The SMILES string of the molecule is CSc1ncc(C(=O)NCC(C)O)n1-c1ccccc1. The second kappa shape index (κ2) is 6.58. The van der Waals surface area contributed by atoms with Crippen molar-refractivity contribution >= 4 is 17.7 Å². The molecule has 20 heavy (non-hydrogen) atoms. The van der Waals surface area contributed by atoms with Crippen LogP contribution in [0.4, 0.5) is 0 Å². The number of amides is 1. The Morgan fingerprint density at radius 1 is 1.45 bits per heavy atom. The second-order valence-corrected chi connectivity index (χ2v) is 5.13. The number of aliphatic hydroxyl groups is 1. The summed E-state index contributed by atoms with van der Waals surface area (Å²) < 4.78 is 1.81. The largest absolute Gasteiger partial charge is 0.392 e. The van der Waals surface area contributed by atoms with Crippen molar-refractivity contribution in [3.8, 4) is 5.69 Å². The highest BCUT2D eigenvalue weighted by atomic mass is 32.2. The molecular formula is C14H17N3O2S. The van der Waals surface area contributed by atoms with E-state index in [1.165, 1.54) is 11.8 Å². The van der Waals surface area contributed by atoms with Crippen LogP contribution in [0, 0.1) is 0 Å². The van der Waals surface area contributed by atoms with E-state index in [1.807, 2.05) is 41.2 Å². The monoisotopic (exact) mass is 291 g/mol. The van der Waals surface area contributed by atoms with Crippen molar-refractivity contribution in [3.05, 3.63) is 42.2 Å². The molecule has 0 aliphatic carbocycles. The third kappa shape index (κ3) is 3.20. The molecule has 106 valence electrons. The number of para-hydroxylation sites is 1. The van der Waals surface area contributed by atoms with Crippen molar-refractivity contribution in [2.45, 2.75) is 18.2 Å². The van der Waals surface area contributed by atoms with E-state index in [0.29, 0.717) is 5.69 Å². The van der Waals surface area contributed by atoms with Gasteiger partial charge in [-0.25, -0.2) is 4.98 Å². The van der Waals surface area contributed by atoms with E-state index in [2.05, 4.69) is 10.3 Å². The molecule has 1 unspecified atom stereocenters. The maximum atomic E-state index is 12.2. The van der Waals surface area contributed by atoms with Gasteiger partial charge in [0.05, 0.1) is 12.3 Å². The minimum atomic E-state index is -0.577. The van der Waals surface area contributed by atoms with Gasteiger partial charge in [0.15, 0.2) is 5.16 Å². The van der Waals surface area contributed by atoms with Crippen LogP contribution in [0.1, 0.15) is 17.4 Å². The zero-order valence-electron chi connectivity index (χ0n) is 11.4. The van der Waals surface area contributed by atoms with E-state index in [9.17, 15) is 9.90 Å². The Labute approximate surface area is 122 Å². The number of benzene rings is 1. The van der Waals surface area contributed by atoms with Crippen LogP contribution in [0.25, 0.3) is 5.69 Å². The number of aromatic nitrogens is 2. The van der Waals surface area contributed by atoms with Gasteiger partial charge >= 0.3 is 0 Å². The summed E-state index contributed by atoms with van der Waals surface area (Å²) in [5, 5.41) is 12.7. The highest BCUT2D eigenvalue weighted by Gasteiger charge is 2.17. The van der Waals surface area contributed by atoms with E-state index in [1.54, 1.807) is 13.1 Å². The van der Waals surface area contributed by atoms with Gasteiger partial charge in [-0.2, -0.15) is 0 Å². The second-order valence-electron chi connectivity index (χ2n) is 4.36. The van der Waals surface area contributed by atoms with Gasteiger partial charge in [-0.3, -0.25) is 9.36 Å². The maximum absolute atomic E-state index is 12.2. The Bertz CT molecular complexity index is 581. The molecule has 0 spiro atoms. The van der Waals surface area contributed by atoms with Crippen LogP contribution in [0.15, 0.2) is 41.7 Å². The zero-order chi connectivity index (χ0) is 14.5. The van der Waals surface area contributed by atoms with Crippen LogP contribution in [0.2, 0.25) is 0 Å². The molecule has 2 N–H and O–H groups in total. The lowest BCUT2D eigenvalue weighted by Crippen LogP contribution is -2.31. The molecule has 1 atom stereocenters. The average molecular weight is 291 g/mol. The summed E-state index contributed by atoms with van der Waals surface area (Å²) in [4.78, 5) is 16.4. The van der Waals surface area contributed by atoms with Crippen molar-refractivity contribution in [2.24, 2.45) is 0 Å². The van der Waals surface area contributed by atoms with Gasteiger partial charge in [-0.1, -0.05) is 30.0 Å². The first kappa shape index (κ1) is 14.6. The van der Waals surface area contributed by atoms with Gasteiger partial charge in [-0.05, 0) is 25.3 Å². The van der Waals surface area contributed by atoms with Crippen molar-refractivity contribution in [1.82, 2.24) is 14.9 Å². The summed E-state index contributed by atoms with van der Waals surface area (Å²) in [5.74, 6) is -0.248. The molecule has 6 heteroatoms. The minimum absolute atomic E-state index is 0.216.